The average molecular weight is 170 g/mol. The minimum absolute atomic E-state index is 0.0278. The van der Waals surface area contributed by atoms with Gasteiger partial charge in [-0.1, -0.05) is 6.08 Å². The SMILES string of the molecule is C/C=C1\C(=O)N(C)C(=S)N1C. The van der Waals surface area contributed by atoms with Crippen molar-refractivity contribution in [3.05, 3.63) is 11.8 Å². The number of likely N-dealkylation sites (N-methyl/N-ethyl adjacent to an activating group) is 2. The van der Waals surface area contributed by atoms with Gasteiger partial charge in [0.25, 0.3) is 5.91 Å². The summed E-state index contributed by atoms with van der Waals surface area (Å²) in [5, 5.41) is 0.558. The number of rotatable bonds is 0. The van der Waals surface area contributed by atoms with E-state index in [4.69, 9.17) is 12.2 Å². The van der Waals surface area contributed by atoms with Crippen molar-refractivity contribution in [1.29, 1.82) is 0 Å². The molecule has 1 rings (SSSR count). The van der Waals surface area contributed by atoms with Crippen LogP contribution in [0.4, 0.5) is 0 Å². The number of allylic oxidation sites excluding steroid dienone is 1. The Morgan fingerprint density at radius 1 is 1.36 bits per heavy atom. The van der Waals surface area contributed by atoms with Crippen LogP contribution >= 0.6 is 12.2 Å². The first-order chi connectivity index (χ1) is 5.09. The summed E-state index contributed by atoms with van der Waals surface area (Å²) in [5.74, 6) is -0.0278. The molecule has 0 aliphatic carbocycles. The number of carbonyl (C=O) groups is 1. The highest BCUT2D eigenvalue weighted by atomic mass is 32.1. The molecule has 3 nitrogen and oxygen atoms in total. The maximum absolute atomic E-state index is 11.3. The monoisotopic (exact) mass is 170 g/mol. The van der Waals surface area contributed by atoms with Gasteiger partial charge in [-0.25, -0.2) is 0 Å². The lowest BCUT2D eigenvalue weighted by atomic mass is 10.4. The minimum atomic E-state index is -0.0278. The minimum Gasteiger partial charge on any atom is -0.317 e. The highest BCUT2D eigenvalue weighted by Crippen LogP contribution is 2.16. The van der Waals surface area contributed by atoms with Crippen LogP contribution in [0.15, 0.2) is 11.8 Å². The van der Waals surface area contributed by atoms with Gasteiger partial charge in [-0.15, -0.1) is 0 Å². The van der Waals surface area contributed by atoms with E-state index in [1.807, 2.05) is 6.92 Å². The molecule has 0 bridgehead atoms. The molecule has 0 radical (unpaired) electrons. The van der Waals surface area contributed by atoms with Crippen LogP contribution < -0.4 is 0 Å². The van der Waals surface area contributed by atoms with Crippen molar-refractivity contribution in [2.45, 2.75) is 6.92 Å². The van der Waals surface area contributed by atoms with Crippen LogP contribution in [0.5, 0.6) is 0 Å². The first-order valence-corrected chi connectivity index (χ1v) is 3.72. The lowest BCUT2D eigenvalue weighted by Crippen LogP contribution is -2.26. The second-order valence-corrected chi connectivity index (χ2v) is 2.74. The topological polar surface area (TPSA) is 23.6 Å². The summed E-state index contributed by atoms with van der Waals surface area (Å²) >= 11 is 4.97. The van der Waals surface area contributed by atoms with Gasteiger partial charge in [-0.3, -0.25) is 9.69 Å². The maximum Gasteiger partial charge on any atom is 0.276 e. The summed E-state index contributed by atoms with van der Waals surface area (Å²) in [6, 6.07) is 0. The molecule has 0 aromatic carbocycles. The summed E-state index contributed by atoms with van der Waals surface area (Å²) in [5.41, 5.74) is 0.650. The van der Waals surface area contributed by atoms with E-state index >= 15 is 0 Å². The molecule has 60 valence electrons. The van der Waals surface area contributed by atoms with Gasteiger partial charge < -0.3 is 4.90 Å². The van der Waals surface area contributed by atoms with Gasteiger partial charge in [-0.05, 0) is 19.1 Å². The molecule has 0 spiro atoms. The summed E-state index contributed by atoms with van der Waals surface area (Å²) in [7, 11) is 3.47. The van der Waals surface area contributed by atoms with Crippen LogP contribution in [-0.2, 0) is 4.79 Å². The van der Waals surface area contributed by atoms with Gasteiger partial charge in [0.15, 0.2) is 5.11 Å². The van der Waals surface area contributed by atoms with Crippen molar-refractivity contribution in [3.8, 4) is 0 Å². The number of hydrogen-bond donors (Lipinski definition) is 0. The summed E-state index contributed by atoms with van der Waals surface area (Å²) in [4.78, 5) is 14.5. The zero-order valence-corrected chi connectivity index (χ0v) is 7.60. The van der Waals surface area contributed by atoms with Crippen LogP contribution in [0.3, 0.4) is 0 Å². The van der Waals surface area contributed by atoms with E-state index in [0.29, 0.717) is 10.8 Å². The van der Waals surface area contributed by atoms with E-state index in [2.05, 4.69) is 0 Å². The van der Waals surface area contributed by atoms with Crippen molar-refractivity contribution >= 4 is 23.2 Å². The molecule has 1 aliphatic heterocycles. The molecule has 0 atom stereocenters. The van der Waals surface area contributed by atoms with E-state index in [1.165, 1.54) is 4.90 Å². The van der Waals surface area contributed by atoms with Gasteiger partial charge in [0.05, 0.1) is 0 Å². The molecule has 1 amide bonds. The van der Waals surface area contributed by atoms with Gasteiger partial charge in [-0.2, -0.15) is 0 Å². The van der Waals surface area contributed by atoms with Crippen molar-refractivity contribution in [3.63, 3.8) is 0 Å². The molecule has 1 heterocycles. The maximum atomic E-state index is 11.3. The number of amides is 1. The molecule has 1 saturated heterocycles. The third kappa shape index (κ3) is 1.03. The van der Waals surface area contributed by atoms with Crippen LogP contribution in [0.25, 0.3) is 0 Å². The Balaban J connectivity index is 3.05. The Bertz CT molecular complexity index is 247. The van der Waals surface area contributed by atoms with Crippen LogP contribution in [0, 0.1) is 0 Å². The fraction of sp³-hybridized carbons (Fsp3) is 0.429. The zero-order chi connectivity index (χ0) is 8.59. The average Bonchev–Trinajstić information content (AvgIpc) is 2.17. The van der Waals surface area contributed by atoms with Gasteiger partial charge in [0.2, 0.25) is 0 Å². The van der Waals surface area contributed by atoms with Crippen molar-refractivity contribution < 1.29 is 4.79 Å². The molecule has 1 fully saturated rings. The quantitative estimate of drug-likeness (QED) is 0.392. The standard InChI is InChI=1S/C7H10N2OS/c1-4-5-6(10)9(3)7(11)8(5)2/h4H,1-3H3/b5-4+. The predicted octanol–water partition coefficient (Wildman–Crippen LogP) is 0.579. The third-order valence-electron chi connectivity index (χ3n) is 1.73. The van der Waals surface area contributed by atoms with E-state index in [9.17, 15) is 4.79 Å². The lowest BCUT2D eigenvalue weighted by molar-refractivity contribution is -0.121. The molecule has 4 heteroatoms. The molecule has 0 unspecified atom stereocenters. The predicted molar refractivity (Wildman–Crippen MR) is 46.9 cm³/mol. The summed E-state index contributed by atoms with van der Waals surface area (Å²) in [6.45, 7) is 1.82. The Kier molecular flexibility index (Phi) is 1.95. The number of hydrogen-bond acceptors (Lipinski definition) is 2. The fourth-order valence-corrected chi connectivity index (χ4v) is 1.23. The van der Waals surface area contributed by atoms with E-state index < -0.39 is 0 Å². The molecular weight excluding hydrogens is 160 g/mol. The molecule has 1 aliphatic rings. The molecule has 0 N–H and O–H groups in total. The zero-order valence-electron chi connectivity index (χ0n) is 6.79. The van der Waals surface area contributed by atoms with Crippen molar-refractivity contribution in [1.82, 2.24) is 9.80 Å². The highest BCUT2D eigenvalue weighted by Gasteiger charge is 2.31. The van der Waals surface area contributed by atoms with E-state index in [0.717, 1.165) is 0 Å². The van der Waals surface area contributed by atoms with Crippen LogP contribution in [0.2, 0.25) is 0 Å². The van der Waals surface area contributed by atoms with Crippen molar-refractivity contribution in [2.75, 3.05) is 14.1 Å². The Morgan fingerprint density at radius 3 is 2.09 bits per heavy atom. The van der Waals surface area contributed by atoms with E-state index in [1.54, 1.807) is 25.1 Å². The first kappa shape index (κ1) is 8.20. The second-order valence-electron chi connectivity index (χ2n) is 2.38. The Hall–Kier alpha value is -0.900. The van der Waals surface area contributed by atoms with Crippen LogP contribution in [-0.4, -0.2) is 34.9 Å². The third-order valence-corrected chi connectivity index (χ3v) is 2.28. The molecule has 0 aromatic heterocycles. The fourth-order valence-electron chi connectivity index (χ4n) is 1.05. The van der Waals surface area contributed by atoms with Crippen LogP contribution in [0.1, 0.15) is 6.92 Å². The molecule has 0 saturated carbocycles. The van der Waals surface area contributed by atoms with Gasteiger partial charge in [0, 0.05) is 14.1 Å². The lowest BCUT2D eigenvalue weighted by Gasteiger charge is -2.10. The molecular formula is C7H10N2OS. The van der Waals surface area contributed by atoms with E-state index in [-0.39, 0.29) is 5.91 Å². The Morgan fingerprint density at radius 2 is 1.91 bits per heavy atom. The van der Waals surface area contributed by atoms with Gasteiger partial charge >= 0.3 is 0 Å². The second kappa shape index (κ2) is 2.62. The molecule has 0 aromatic rings. The highest BCUT2D eigenvalue weighted by molar-refractivity contribution is 7.80. The summed E-state index contributed by atoms with van der Waals surface area (Å²) in [6.07, 6.45) is 1.76. The first-order valence-electron chi connectivity index (χ1n) is 3.31. The normalized spacial score (nSPS) is 22.3. The molecule has 11 heavy (non-hydrogen) atoms. The number of nitrogens with zero attached hydrogens (tertiary/aromatic N) is 2. The van der Waals surface area contributed by atoms with Gasteiger partial charge in [0.1, 0.15) is 5.70 Å². The van der Waals surface area contributed by atoms with Crippen molar-refractivity contribution in [2.24, 2.45) is 0 Å². The number of thiocarbonyl (C=S) groups is 1. The summed E-state index contributed by atoms with van der Waals surface area (Å²) < 4.78 is 0. The largest absolute Gasteiger partial charge is 0.317 e. The smallest absolute Gasteiger partial charge is 0.276 e. The number of carbonyl (C=O) groups excluding carboxylic acids is 1. The Labute approximate surface area is 71.3 Å².